The minimum absolute atomic E-state index is 0.183. The van der Waals surface area contributed by atoms with E-state index in [1.807, 2.05) is 60.5 Å². The third kappa shape index (κ3) is 5.26. The molecule has 2 N–H and O–H groups in total. The predicted octanol–water partition coefficient (Wildman–Crippen LogP) is 4.46. The van der Waals surface area contributed by atoms with Crippen LogP contribution in [0.25, 0.3) is 10.1 Å². The van der Waals surface area contributed by atoms with Gasteiger partial charge in [0.1, 0.15) is 23.2 Å². The summed E-state index contributed by atoms with van der Waals surface area (Å²) in [5, 5.41) is 9.47. The Morgan fingerprint density at radius 3 is 2.44 bits per heavy atom. The molecule has 4 aromatic rings. The largest absolute Gasteiger partial charge is 0.461 e. The zero-order valence-corrected chi connectivity index (χ0v) is 21.6. The first-order chi connectivity index (χ1) is 17.3. The van der Waals surface area contributed by atoms with Crippen molar-refractivity contribution in [2.45, 2.75) is 46.3 Å². The van der Waals surface area contributed by atoms with E-state index in [2.05, 4.69) is 15.6 Å². The molecule has 2 aromatic heterocycles. The number of aromatic nitrogens is 1. The highest BCUT2D eigenvalue weighted by Gasteiger charge is 2.30. The van der Waals surface area contributed by atoms with Crippen molar-refractivity contribution < 1.29 is 9.53 Å². The fraction of sp³-hybridized carbons (Fsp3) is 0.333. The molecule has 0 aliphatic carbocycles. The van der Waals surface area contributed by atoms with Gasteiger partial charge >= 0.3 is 5.97 Å². The molecule has 4 rings (SSSR count). The number of nitrogens with zero attached hydrogens (tertiary/aromatic N) is 2. The first kappa shape index (κ1) is 25.4. The molecular weight excluding hydrogens is 476 g/mol. The van der Waals surface area contributed by atoms with Crippen molar-refractivity contribution in [1.29, 1.82) is 0 Å². The summed E-state index contributed by atoms with van der Waals surface area (Å²) in [7, 11) is 0. The van der Waals surface area contributed by atoms with Crippen LogP contribution in [0.2, 0.25) is 0 Å². The number of hydrogen-bond donors (Lipinski definition) is 2. The van der Waals surface area contributed by atoms with Gasteiger partial charge in [0, 0.05) is 41.5 Å². The molecule has 0 aliphatic rings. The van der Waals surface area contributed by atoms with E-state index < -0.39 is 22.9 Å². The maximum absolute atomic E-state index is 12.9. The van der Waals surface area contributed by atoms with Crippen molar-refractivity contribution >= 4 is 50.3 Å². The lowest BCUT2D eigenvalue weighted by molar-refractivity contribution is -0.148. The van der Waals surface area contributed by atoms with Crippen LogP contribution in [0.5, 0.6) is 0 Å². The number of carbonyl (C=O) groups is 1. The molecule has 36 heavy (non-hydrogen) atoms. The van der Waals surface area contributed by atoms with E-state index in [-0.39, 0.29) is 11.8 Å². The number of esters is 1. The van der Waals surface area contributed by atoms with Gasteiger partial charge in [0.05, 0.1) is 6.10 Å². The minimum atomic E-state index is -0.815. The fourth-order valence-corrected chi connectivity index (χ4v) is 4.91. The minimum Gasteiger partial charge on any atom is -0.461 e. The molecule has 2 aromatic carbocycles. The molecule has 0 fully saturated rings. The van der Waals surface area contributed by atoms with Crippen molar-refractivity contribution in [1.82, 2.24) is 4.98 Å². The van der Waals surface area contributed by atoms with E-state index in [9.17, 15) is 14.4 Å². The van der Waals surface area contributed by atoms with Gasteiger partial charge in [-0.15, -0.1) is 11.3 Å². The Balaban J connectivity index is 1.54. The molecule has 0 aliphatic heterocycles. The number of benzene rings is 1. The number of anilines is 4. The van der Waals surface area contributed by atoms with E-state index in [0.717, 1.165) is 27.2 Å². The first-order valence-corrected chi connectivity index (χ1v) is 12.9. The van der Waals surface area contributed by atoms with Crippen LogP contribution in [0.15, 0.2) is 57.6 Å². The summed E-state index contributed by atoms with van der Waals surface area (Å²) in [4.78, 5) is 43.8. The predicted molar refractivity (Wildman–Crippen MR) is 147 cm³/mol. The van der Waals surface area contributed by atoms with Gasteiger partial charge in [0.15, 0.2) is 0 Å². The van der Waals surface area contributed by atoms with Crippen LogP contribution in [-0.4, -0.2) is 36.2 Å². The molecule has 0 amide bonds. The summed E-state index contributed by atoms with van der Waals surface area (Å²) in [6.45, 7) is 8.54. The number of thiophene rings is 1. The quantitative estimate of drug-likeness (QED) is 0.227. The molecule has 0 saturated heterocycles. The molecule has 0 spiro atoms. The highest BCUT2D eigenvalue weighted by molar-refractivity contribution is 7.17. The molecule has 0 unspecified atom stereocenters. The van der Waals surface area contributed by atoms with Gasteiger partial charge in [-0.1, -0.05) is 12.1 Å². The van der Waals surface area contributed by atoms with Gasteiger partial charge < -0.3 is 20.3 Å². The number of rotatable bonds is 11. The van der Waals surface area contributed by atoms with Crippen LogP contribution < -0.4 is 26.4 Å². The van der Waals surface area contributed by atoms with Crippen LogP contribution in [-0.2, 0) is 16.0 Å². The maximum atomic E-state index is 12.9. The van der Waals surface area contributed by atoms with Crippen molar-refractivity contribution in [3.8, 4) is 0 Å². The average Bonchev–Trinajstić information content (AvgIpc) is 3.36. The van der Waals surface area contributed by atoms with Gasteiger partial charge in [0.25, 0.3) is 10.9 Å². The number of carbonyl (C=O) groups excluding carboxylic acids is 1. The second-order valence-electron chi connectivity index (χ2n) is 8.75. The second-order valence-corrected chi connectivity index (χ2v) is 9.70. The molecule has 0 radical (unpaired) electrons. The summed E-state index contributed by atoms with van der Waals surface area (Å²) < 4.78 is 6.60. The van der Waals surface area contributed by atoms with E-state index in [0.29, 0.717) is 25.2 Å². The molecule has 188 valence electrons. The molecular formula is C27H30N4O4S. The molecule has 2 heterocycles. The van der Waals surface area contributed by atoms with Crippen LogP contribution in [0.3, 0.4) is 0 Å². The number of nitrogens with one attached hydrogen (secondary N) is 2. The normalized spacial score (nSPS) is 12.1. The lowest BCUT2D eigenvalue weighted by Crippen LogP contribution is -2.46. The Hall–Kier alpha value is -3.72. The Labute approximate surface area is 213 Å². The summed E-state index contributed by atoms with van der Waals surface area (Å²) in [5.74, 6) is 0.310. The van der Waals surface area contributed by atoms with E-state index in [1.54, 1.807) is 31.4 Å². The Morgan fingerprint density at radius 2 is 1.78 bits per heavy atom. The van der Waals surface area contributed by atoms with Crippen LogP contribution in [0.1, 0.15) is 33.3 Å². The summed E-state index contributed by atoms with van der Waals surface area (Å²) in [5.41, 5.74) is 1.13. The monoisotopic (exact) mass is 506 g/mol. The number of hydrogen-bond acceptors (Lipinski definition) is 9. The zero-order chi connectivity index (χ0) is 25.8. The van der Waals surface area contributed by atoms with Crippen molar-refractivity contribution in [3.05, 3.63) is 74.0 Å². The zero-order valence-electron chi connectivity index (χ0n) is 20.8. The van der Waals surface area contributed by atoms with Crippen LogP contribution in [0, 0.1) is 0 Å². The number of fused-ring (bicyclic) bond motifs is 1. The molecule has 0 saturated carbocycles. The average molecular weight is 507 g/mol. The summed E-state index contributed by atoms with van der Waals surface area (Å²) in [6, 6.07) is 10.9. The maximum Gasteiger partial charge on any atom is 0.329 e. The fourth-order valence-electron chi connectivity index (χ4n) is 4.13. The van der Waals surface area contributed by atoms with Crippen molar-refractivity contribution in [2.75, 3.05) is 28.6 Å². The third-order valence-electron chi connectivity index (χ3n) is 5.96. The standard InChI is InChI=1S/C27H30N4O4S/c1-5-31(6-2)23-22(24(32)25(23)33)30-20(27(34)35-16(3)4)15-17-7-9-18(10-8-17)29-26-19-12-14-36-21(19)11-13-28-26/h7-14,16,20,30H,5-6,15H2,1-4H3,(H,28,29)/t20-/m0/s1. The summed E-state index contributed by atoms with van der Waals surface area (Å²) in [6.07, 6.45) is 1.76. The van der Waals surface area contributed by atoms with Gasteiger partial charge in [-0.25, -0.2) is 9.78 Å². The molecule has 8 nitrogen and oxygen atoms in total. The lowest BCUT2D eigenvalue weighted by Gasteiger charge is -2.27. The number of pyridine rings is 1. The van der Waals surface area contributed by atoms with E-state index >= 15 is 0 Å². The van der Waals surface area contributed by atoms with Crippen molar-refractivity contribution in [2.24, 2.45) is 0 Å². The smallest absolute Gasteiger partial charge is 0.329 e. The van der Waals surface area contributed by atoms with E-state index in [1.165, 1.54) is 0 Å². The third-order valence-corrected chi connectivity index (χ3v) is 6.84. The Kier molecular flexibility index (Phi) is 7.69. The van der Waals surface area contributed by atoms with E-state index in [4.69, 9.17) is 4.74 Å². The first-order valence-electron chi connectivity index (χ1n) is 12.1. The molecule has 0 bridgehead atoms. The SMILES string of the molecule is CCN(CC)c1c(N[C@@H](Cc2ccc(Nc3nccc4sccc34)cc2)C(=O)OC(C)C)c(=O)c1=O. The topological polar surface area (TPSA) is 101 Å². The molecule has 1 atom stereocenters. The molecule has 9 heteroatoms. The lowest BCUT2D eigenvalue weighted by atomic mass is 10.0. The van der Waals surface area contributed by atoms with Crippen molar-refractivity contribution in [3.63, 3.8) is 0 Å². The highest BCUT2D eigenvalue weighted by atomic mass is 32.1. The number of ether oxygens (including phenoxy) is 1. The van der Waals surface area contributed by atoms with Gasteiger partial charge in [0.2, 0.25) is 0 Å². The van der Waals surface area contributed by atoms with Gasteiger partial charge in [-0.2, -0.15) is 0 Å². The summed E-state index contributed by atoms with van der Waals surface area (Å²) >= 11 is 1.66. The second kappa shape index (κ2) is 10.9. The Morgan fingerprint density at radius 1 is 1.06 bits per heavy atom. The van der Waals surface area contributed by atoms with Gasteiger partial charge in [-0.3, -0.25) is 9.59 Å². The highest BCUT2D eigenvalue weighted by Crippen LogP contribution is 2.28. The Bertz CT molecular complexity index is 1420. The van der Waals surface area contributed by atoms with Crippen LogP contribution in [0.4, 0.5) is 22.9 Å². The van der Waals surface area contributed by atoms with Gasteiger partial charge in [-0.05, 0) is 62.9 Å². The van der Waals surface area contributed by atoms with Crippen LogP contribution >= 0.6 is 11.3 Å².